The summed E-state index contributed by atoms with van der Waals surface area (Å²) in [6.07, 6.45) is 9.22. The third-order valence-electron chi connectivity index (χ3n) is 6.49. The second kappa shape index (κ2) is 7.94. The number of ether oxygens (including phenoxy) is 1. The van der Waals surface area contributed by atoms with Gasteiger partial charge in [-0.2, -0.15) is 0 Å². The highest BCUT2D eigenvalue weighted by Crippen LogP contribution is 2.46. The van der Waals surface area contributed by atoms with Crippen molar-refractivity contribution in [1.29, 1.82) is 0 Å². The van der Waals surface area contributed by atoms with Crippen molar-refractivity contribution in [2.45, 2.75) is 58.0 Å². The van der Waals surface area contributed by atoms with Gasteiger partial charge in [0, 0.05) is 11.1 Å². The highest BCUT2D eigenvalue weighted by molar-refractivity contribution is 5.83. The Morgan fingerprint density at radius 1 is 0.655 bits per heavy atom. The average molecular weight is 385 g/mol. The van der Waals surface area contributed by atoms with Crippen LogP contribution in [0.3, 0.4) is 0 Å². The lowest BCUT2D eigenvalue weighted by Crippen LogP contribution is -2.10. The first-order valence-electron chi connectivity index (χ1n) is 11.0. The van der Waals surface area contributed by atoms with Gasteiger partial charge < -0.3 is 9.84 Å². The molecule has 0 atom stereocenters. The summed E-state index contributed by atoms with van der Waals surface area (Å²) in [5.74, 6) is 1.30. The molecule has 0 saturated carbocycles. The molecule has 0 unspecified atom stereocenters. The Morgan fingerprint density at radius 2 is 1.28 bits per heavy atom. The molecule has 2 heteroatoms. The molecule has 2 aliphatic rings. The lowest BCUT2D eigenvalue weighted by Gasteiger charge is -2.27. The quantitative estimate of drug-likeness (QED) is 0.564. The van der Waals surface area contributed by atoms with Crippen LogP contribution in [0, 0.1) is 0 Å². The number of fused-ring (bicyclic) bond motifs is 2. The molecule has 0 aromatic heterocycles. The first kappa shape index (κ1) is 18.3. The average Bonchev–Trinajstić information content (AvgIpc) is 2.78. The van der Waals surface area contributed by atoms with Crippen LogP contribution in [0.1, 0.15) is 53.5 Å². The third kappa shape index (κ3) is 3.53. The summed E-state index contributed by atoms with van der Waals surface area (Å²) in [4.78, 5) is 0. The van der Waals surface area contributed by atoms with Gasteiger partial charge >= 0.3 is 0 Å². The molecule has 0 amide bonds. The molecule has 2 nitrogen and oxygen atoms in total. The summed E-state index contributed by atoms with van der Waals surface area (Å²) in [6.45, 7) is 0.544. The second-order valence-corrected chi connectivity index (χ2v) is 8.36. The van der Waals surface area contributed by atoms with Crippen molar-refractivity contribution in [3.05, 3.63) is 82.4 Å². The summed E-state index contributed by atoms with van der Waals surface area (Å²) < 4.78 is 6.38. The van der Waals surface area contributed by atoms with Crippen molar-refractivity contribution in [3.8, 4) is 22.6 Å². The first-order valence-corrected chi connectivity index (χ1v) is 11.0. The van der Waals surface area contributed by atoms with Crippen molar-refractivity contribution < 1.29 is 9.84 Å². The number of benzene rings is 3. The van der Waals surface area contributed by atoms with Crippen LogP contribution in [-0.4, -0.2) is 5.11 Å². The Balaban J connectivity index is 1.65. The standard InChI is InChI=1S/C27H28O2/c28-24-16-14-20-10-4-6-12-22(20)26(24)27-23-13-7-5-11-21(23)15-17-25(27)29-18-19-8-2-1-3-9-19/h1-3,8-9,14-17,28H,4-7,10-13,18H2. The van der Waals surface area contributed by atoms with Gasteiger partial charge in [-0.3, -0.25) is 0 Å². The molecule has 0 bridgehead atoms. The fourth-order valence-corrected chi connectivity index (χ4v) is 5.03. The van der Waals surface area contributed by atoms with Crippen molar-refractivity contribution in [2.75, 3.05) is 0 Å². The number of phenolic OH excluding ortho intramolecular Hbond substituents is 1. The van der Waals surface area contributed by atoms with E-state index in [2.05, 4.69) is 30.3 Å². The smallest absolute Gasteiger partial charge is 0.128 e. The van der Waals surface area contributed by atoms with Gasteiger partial charge in [-0.1, -0.05) is 42.5 Å². The van der Waals surface area contributed by atoms with E-state index in [1.54, 1.807) is 0 Å². The number of aryl methyl sites for hydroxylation is 2. The van der Waals surface area contributed by atoms with E-state index < -0.39 is 0 Å². The van der Waals surface area contributed by atoms with E-state index in [-0.39, 0.29) is 0 Å². The molecule has 5 rings (SSSR count). The second-order valence-electron chi connectivity index (χ2n) is 8.36. The van der Waals surface area contributed by atoms with Crippen LogP contribution in [-0.2, 0) is 32.3 Å². The van der Waals surface area contributed by atoms with E-state index in [1.807, 2.05) is 24.3 Å². The minimum absolute atomic E-state index is 0.397. The normalized spacial score (nSPS) is 15.4. The maximum absolute atomic E-state index is 11.0. The Kier molecular flexibility index (Phi) is 5.01. The zero-order valence-electron chi connectivity index (χ0n) is 16.9. The minimum atomic E-state index is 0.397. The fourth-order valence-electron chi connectivity index (χ4n) is 5.03. The largest absolute Gasteiger partial charge is 0.507 e. The number of hydrogen-bond donors (Lipinski definition) is 1. The van der Waals surface area contributed by atoms with Gasteiger partial charge in [0.2, 0.25) is 0 Å². The third-order valence-corrected chi connectivity index (χ3v) is 6.49. The molecule has 0 aliphatic heterocycles. The van der Waals surface area contributed by atoms with Crippen LogP contribution in [0.2, 0.25) is 0 Å². The zero-order valence-corrected chi connectivity index (χ0v) is 16.9. The van der Waals surface area contributed by atoms with E-state index in [0.29, 0.717) is 12.4 Å². The Labute approximate surface area is 173 Å². The summed E-state index contributed by atoms with van der Waals surface area (Å²) in [6, 6.07) is 18.7. The maximum atomic E-state index is 11.0. The molecule has 29 heavy (non-hydrogen) atoms. The van der Waals surface area contributed by atoms with E-state index in [9.17, 15) is 5.11 Å². The van der Waals surface area contributed by atoms with Crippen molar-refractivity contribution >= 4 is 0 Å². The molecule has 0 spiro atoms. The molecule has 2 aliphatic carbocycles. The Morgan fingerprint density at radius 3 is 2.00 bits per heavy atom. The first-order chi connectivity index (χ1) is 14.3. The molecule has 3 aromatic rings. The lowest BCUT2D eigenvalue weighted by molar-refractivity contribution is 0.307. The van der Waals surface area contributed by atoms with Crippen molar-refractivity contribution in [3.63, 3.8) is 0 Å². The van der Waals surface area contributed by atoms with Gasteiger partial charge in [0.1, 0.15) is 18.1 Å². The highest BCUT2D eigenvalue weighted by atomic mass is 16.5. The maximum Gasteiger partial charge on any atom is 0.128 e. The molecule has 0 heterocycles. The summed E-state index contributed by atoms with van der Waals surface area (Å²) in [5.41, 5.74) is 8.88. The molecule has 3 aromatic carbocycles. The molecule has 1 N–H and O–H groups in total. The number of hydrogen-bond acceptors (Lipinski definition) is 2. The Hall–Kier alpha value is -2.74. The van der Waals surface area contributed by atoms with Crippen molar-refractivity contribution in [2.24, 2.45) is 0 Å². The number of aromatic hydroxyl groups is 1. The van der Waals surface area contributed by atoms with E-state index in [4.69, 9.17) is 4.74 Å². The monoisotopic (exact) mass is 384 g/mol. The van der Waals surface area contributed by atoms with Crippen LogP contribution in [0.5, 0.6) is 11.5 Å². The zero-order chi connectivity index (χ0) is 19.6. The van der Waals surface area contributed by atoms with E-state index in [1.165, 1.54) is 47.9 Å². The van der Waals surface area contributed by atoms with Crippen LogP contribution in [0.4, 0.5) is 0 Å². The summed E-state index contributed by atoms with van der Waals surface area (Å²) in [7, 11) is 0. The predicted molar refractivity (Wildman–Crippen MR) is 118 cm³/mol. The predicted octanol–water partition coefficient (Wildman–Crippen LogP) is 6.40. The molecular weight excluding hydrogens is 356 g/mol. The molecule has 0 radical (unpaired) electrons. The Bertz CT molecular complexity index is 1020. The van der Waals surface area contributed by atoms with Crippen molar-refractivity contribution in [1.82, 2.24) is 0 Å². The van der Waals surface area contributed by atoms with Crippen LogP contribution >= 0.6 is 0 Å². The van der Waals surface area contributed by atoms with Gasteiger partial charge in [-0.25, -0.2) is 0 Å². The summed E-state index contributed by atoms with van der Waals surface area (Å²) >= 11 is 0. The van der Waals surface area contributed by atoms with Gasteiger partial charge in [-0.15, -0.1) is 0 Å². The summed E-state index contributed by atoms with van der Waals surface area (Å²) in [5, 5.41) is 11.0. The molecule has 0 fully saturated rings. The lowest BCUT2D eigenvalue weighted by atomic mass is 9.80. The molecular formula is C27H28O2. The van der Waals surface area contributed by atoms with E-state index in [0.717, 1.165) is 48.1 Å². The van der Waals surface area contributed by atoms with Gasteiger partial charge in [0.05, 0.1) is 0 Å². The highest BCUT2D eigenvalue weighted by Gasteiger charge is 2.25. The number of rotatable bonds is 4. The van der Waals surface area contributed by atoms with Gasteiger partial charge in [0.25, 0.3) is 0 Å². The minimum Gasteiger partial charge on any atom is -0.507 e. The fraction of sp³-hybridized carbons (Fsp3) is 0.333. The topological polar surface area (TPSA) is 29.5 Å². The van der Waals surface area contributed by atoms with Crippen LogP contribution in [0.15, 0.2) is 54.6 Å². The molecule has 0 saturated heterocycles. The van der Waals surface area contributed by atoms with Gasteiger partial charge in [0.15, 0.2) is 0 Å². The SMILES string of the molecule is Oc1ccc2c(c1-c1c(OCc3ccccc3)ccc3c1CCCC3)CCCC2. The van der Waals surface area contributed by atoms with Crippen LogP contribution < -0.4 is 4.74 Å². The van der Waals surface area contributed by atoms with Crippen LogP contribution in [0.25, 0.3) is 11.1 Å². The number of phenols is 1. The van der Waals surface area contributed by atoms with Gasteiger partial charge in [-0.05, 0) is 91.3 Å². The van der Waals surface area contributed by atoms with E-state index >= 15 is 0 Å². The molecule has 148 valence electrons.